The molecule has 1 aliphatic carbocycles. The summed E-state index contributed by atoms with van der Waals surface area (Å²) in [7, 11) is -2.30. The van der Waals surface area contributed by atoms with Crippen molar-refractivity contribution in [3.05, 3.63) is 71.5 Å². The Labute approximate surface area is 261 Å². The van der Waals surface area contributed by atoms with Gasteiger partial charge in [-0.3, -0.25) is 0 Å². The van der Waals surface area contributed by atoms with Gasteiger partial charge in [0.05, 0.1) is 24.9 Å². The van der Waals surface area contributed by atoms with Crippen LogP contribution in [0.2, 0.25) is 16.6 Å². The first-order valence-electron chi connectivity index (χ1n) is 16.6. The van der Waals surface area contributed by atoms with Gasteiger partial charge >= 0.3 is 7.12 Å². The summed E-state index contributed by atoms with van der Waals surface area (Å²) in [6.07, 6.45) is 9.07. The first kappa shape index (κ1) is 32.2. The molecule has 232 valence electrons. The number of hydrogen-bond donors (Lipinski definition) is 0. The number of pyridine rings is 1. The molecule has 2 aliphatic rings. The van der Waals surface area contributed by atoms with E-state index in [-0.39, 0.29) is 12.7 Å². The smallest absolute Gasteiger partial charge is 0.405 e. The monoisotopic (exact) mass is 600 g/mol. The van der Waals surface area contributed by atoms with Gasteiger partial charge in [0, 0.05) is 11.6 Å². The van der Waals surface area contributed by atoms with Gasteiger partial charge in [0.25, 0.3) is 0 Å². The maximum Gasteiger partial charge on any atom is 0.487 e. The molecule has 1 aromatic carbocycles. The van der Waals surface area contributed by atoms with Gasteiger partial charge < -0.3 is 18.3 Å². The normalized spacial score (nSPS) is 21.6. The zero-order chi connectivity index (χ0) is 30.9. The lowest BCUT2D eigenvalue weighted by Crippen LogP contribution is -2.51. The zero-order valence-corrected chi connectivity index (χ0v) is 29.0. The summed E-state index contributed by atoms with van der Waals surface area (Å²) in [5.41, 5.74) is 7.80. The van der Waals surface area contributed by atoms with Crippen LogP contribution in [0.4, 0.5) is 0 Å². The molecule has 2 aromatic heterocycles. The number of allylic oxidation sites excluding steroid dienone is 1. The molecule has 3 heterocycles. The molecule has 1 aliphatic heterocycles. The second-order valence-corrected chi connectivity index (χ2v) is 20.3. The summed E-state index contributed by atoms with van der Waals surface area (Å²) in [5.74, 6) is 2.71. The summed E-state index contributed by atoms with van der Waals surface area (Å²) in [6.45, 7) is 22.3. The number of benzene rings is 1. The predicted molar refractivity (Wildman–Crippen MR) is 183 cm³/mol. The van der Waals surface area contributed by atoms with Gasteiger partial charge in [-0.25, -0.2) is 4.98 Å². The Hall–Kier alpha value is -2.19. The van der Waals surface area contributed by atoms with Crippen LogP contribution in [0.3, 0.4) is 0 Å². The Bertz CT molecular complexity index is 1380. The maximum atomic E-state index is 6.39. The van der Waals surface area contributed by atoms with Crippen molar-refractivity contribution in [3.8, 4) is 0 Å². The molecule has 0 amide bonds. The third kappa shape index (κ3) is 6.47. The molecular formula is C36H53BN2O3Si. The molecule has 5 rings (SSSR count). The predicted octanol–water partition coefficient (Wildman–Crippen LogP) is 9.38. The van der Waals surface area contributed by atoms with E-state index >= 15 is 0 Å². The van der Waals surface area contributed by atoms with Crippen LogP contribution < -0.4 is 0 Å². The van der Waals surface area contributed by atoms with Crippen molar-refractivity contribution >= 4 is 32.0 Å². The number of rotatable bonds is 10. The summed E-state index contributed by atoms with van der Waals surface area (Å²) < 4.78 is 21.6. The van der Waals surface area contributed by atoms with Crippen LogP contribution >= 0.6 is 0 Å². The molecule has 0 spiro atoms. The lowest BCUT2D eigenvalue weighted by molar-refractivity contribution is 0.0118. The average Bonchev–Trinajstić information content (AvgIpc) is 3.54. The molecule has 5 nitrogen and oxygen atoms in total. The van der Waals surface area contributed by atoms with Crippen LogP contribution in [-0.2, 0) is 20.7 Å². The molecule has 43 heavy (non-hydrogen) atoms. The van der Waals surface area contributed by atoms with E-state index in [1.165, 1.54) is 27.6 Å². The van der Waals surface area contributed by atoms with Crippen LogP contribution in [0.1, 0.15) is 97.8 Å². The molecule has 7 heteroatoms. The lowest BCUT2D eigenvalue weighted by atomic mass is 9.73. The summed E-state index contributed by atoms with van der Waals surface area (Å²) in [4.78, 5) is 5.15. The van der Waals surface area contributed by atoms with Crippen LogP contribution in [-0.4, -0.2) is 42.9 Å². The number of ether oxygens (including phenoxy) is 1. The highest BCUT2D eigenvalue weighted by atomic mass is 28.3. The number of aryl methyl sites for hydroxylation is 1. The first-order chi connectivity index (χ1) is 20.4. The van der Waals surface area contributed by atoms with Gasteiger partial charge in [-0.05, 0) is 104 Å². The lowest BCUT2D eigenvalue weighted by Gasteiger charge is -2.44. The van der Waals surface area contributed by atoms with Crippen molar-refractivity contribution in [2.24, 2.45) is 5.92 Å². The Morgan fingerprint density at radius 3 is 2.26 bits per heavy atom. The standard InChI is InChI=1S/C36H53BN2O3Si/c1-25(2)43(26(3)4,27(5)6)39-20-19-32-34(28(7)22-38-35(32)39)33(21-37-41-24-36(8,9)42-37)30-15-17-31(18-16-30)40-23-29-13-11-10-12-14-29/h10-14,19-22,25-27,30-31H,15-18,23-24H2,1-9H3/b33-21-. The molecule has 0 atom stereocenters. The van der Waals surface area contributed by atoms with E-state index in [2.05, 4.69) is 121 Å². The second-order valence-electron chi connectivity index (χ2n) is 14.5. The molecule has 1 saturated heterocycles. The SMILES string of the molecule is Cc1cnc2c(ccn2[Si](C(C)C)(C(C)C)C(C)C)c1/C(=C\B1OCC(C)(C)O1)C1CCC(OCc2ccccc2)CC1. The highest BCUT2D eigenvalue weighted by Crippen LogP contribution is 2.46. The van der Waals surface area contributed by atoms with E-state index in [0.717, 1.165) is 31.3 Å². The number of hydrogen-bond acceptors (Lipinski definition) is 4. The highest BCUT2D eigenvalue weighted by Gasteiger charge is 2.46. The quantitative estimate of drug-likeness (QED) is 0.218. The van der Waals surface area contributed by atoms with Crippen molar-refractivity contribution in [2.45, 2.75) is 123 Å². The second kappa shape index (κ2) is 13.0. The van der Waals surface area contributed by atoms with Crippen LogP contribution in [0.15, 0.2) is 54.8 Å². The fourth-order valence-electron chi connectivity index (χ4n) is 8.36. The van der Waals surface area contributed by atoms with E-state index in [0.29, 0.717) is 41.9 Å². The van der Waals surface area contributed by atoms with Gasteiger partial charge in [0.1, 0.15) is 5.65 Å². The molecule has 0 unspecified atom stereocenters. The van der Waals surface area contributed by atoms with E-state index in [1.807, 2.05) is 0 Å². The van der Waals surface area contributed by atoms with E-state index in [4.69, 9.17) is 19.0 Å². The molecule has 0 bridgehead atoms. The molecule has 3 aromatic rings. The zero-order valence-electron chi connectivity index (χ0n) is 28.0. The average molecular weight is 601 g/mol. The largest absolute Gasteiger partial charge is 0.487 e. The fourth-order valence-corrected chi connectivity index (χ4v) is 14.9. The van der Waals surface area contributed by atoms with Crippen molar-refractivity contribution in [1.29, 1.82) is 0 Å². The Balaban J connectivity index is 1.51. The van der Waals surface area contributed by atoms with Gasteiger partial charge in [0.2, 0.25) is 0 Å². The maximum absolute atomic E-state index is 6.39. The van der Waals surface area contributed by atoms with Crippen LogP contribution in [0.5, 0.6) is 0 Å². The van der Waals surface area contributed by atoms with Crippen LogP contribution in [0.25, 0.3) is 16.6 Å². The van der Waals surface area contributed by atoms with Gasteiger partial charge in [-0.15, -0.1) is 0 Å². The van der Waals surface area contributed by atoms with E-state index < -0.39 is 8.24 Å². The molecule has 0 N–H and O–H groups in total. The fraction of sp³-hybridized carbons (Fsp3) is 0.583. The van der Waals surface area contributed by atoms with Gasteiger partial charge in [-0.1, -0.05) is 77.8 Å². The summed E-state index contributed by atoms with van der Waals surface area (Å²) in [6, 6.07) is 12.9. The summed E-state index contributed by atoms with van der Waals surface area (Å²) >= 11 is 0. The minimum absolute atomic E-state index is 0.280. The van der Waals surface area contributed by atoms with E-state index in [1.54, 1.807) is 0 Å². The number of aromatic nitrogens is 2. The Morgan fingerprint density at radius 2 is 1.67 bits per heavy atom. The van der Waals surface area contributed by atoms with Crippen LogP contribution in [0, 0.1) is 12.8 Å². The Morgan fingerprint density at radius 1 is 1.02 bits per heavy atom. The van der Waals surface area contributed by atoms with Gasteiger partial charge in [0.15, 0.2) is 8.24 Å². The number of nitrogens with zero attached hydrogens (tertiary/aromatic N) is 2. The van der Waals surface area contributed by atoms with E-state index in [9.17, 15) is 0 Å². The van der Waals surface area contributed by atoms with Crippen molar-refractivity contribution < 1.29 is 14.0 Å². The van der Waals surface area contributed by atoms with Crippen molar-refractivity contribution in [3.63, 3.8) is 0 Å². The topological polar surface area (TPSA) is 45.5 Å². The molecular weight excluding hydrogens is 547 g/mol. The minimum atomic E-state index is -1.96. The highest BCUT2D eigenvalue weighted by molar-refractivity contribution is 6.82. The van der Waals surface area contributed by atoms with Gasteiger partial charge in [-0.2, -0.15) is 0 Å². The van der Waals surface area contributed by atoms with Crippen molar-refractivity contribution in [1.82, 2.24) is 9.22 Å². The third-order valence-corrected chi connectivity index (χ3v) is 16.9. The molecule has 2 fully saturated rings. The minimum Gasteiger partial charge on any atom is -0.405 e. The Kier molecular flexibility index (Phi) is 9.77. The number of fused-ring (bicyclic) bond motifs is 1. The first-order valence-corrected chi connectivity index (χ1v) is 18.8. The molecule has 1 saturated carbocycles. The summed E-state index contributed by atoms with van der Waals surface area (Å²) in [5, 5.41) is 1.27. The third-order valence-electron chi connectivity index (χ3n) is 10.2. The van der Waals surface area contributed by atoms with Crippen molar-refractivity contribution in [2.75, 3.05) is 6.61 Å². The molecule has 0 radical (unpaired) electrons.